The number of carboxylic acids is 1. The normalized spacial score (nSPS) is 12.8. The van der Waals surface area contributed by atoms with Crippen LogP contribution in [-0.4, -0.2) is 71.9 Å². The number of nitrogens with zero attached hydrogens (tertiary/aromatic N) is 2. The summed E-state index contributed by atoms with van der Waals surface area (Å²) in [6, 6.07) is 9.60. The van der Waals surface area contributed by atoms with Gasteiger partial charge < -0.3 is 24.5 Å². The summed E-state index contributed by atoms with van der Waals surface area (Å²) in [6.07, 6.45) is 1.44. The number of anilines is 1. The van der Waals surface area contributed by atoms with E-state index in [0.717, 1.165) is 4.57 Å². The van der Waals surface area contributed by atoms with Crippen LogP contribution in [-0.2, 0) is 20.8 Å². The number of fused-ring (bicyclic) bond motifs is 1. The summed E-state index contributed by atoms with van der Waals surface area (Å²) in [7, 11) is 0. The first-order valence-corrected chi connectivity index (χ1v) is 9.74. The van der Waals surface area contributed by atoms with Crippen molar-refractivity contribution in [1.29, 1.82) is 0 Å². The molecule has 0 spiro atoms. The Morgan fingerprint density at radius 3 is 2.19 bits per heavy atom. The van der Waals surface area contributed by atoms with Crippen LogP contribution < -0.4 is 10.9 Å². The molecule has 0 atom stereocenters. The third-order valence-electron chi connectivity index (χ3n) is 4.57. The maximum absolute atomic E-state index is 12.2. The van der Waals surface area contributed by atoms with Crippen LogP contribution in [0.4, 0.5) is 5.69 Å². The van der Waals surface area contributed by atoms with E-state index in [-0.39, 0.29) is 30.5 Å². The molecule has 2 amide bonds. The Morgan fingerprint density at radius 1 is 0.903 bits per heavy atom. The molecule has 0 saturated heterocycles. The zero-order valence-electron chi connectivity index (χ0n) is 16.8. The molecule has 10 heteroatoms. The highest BCUT2D eigenvalue weighted by atomic mass is 16.5. The summed E-state index contributed by atoms with van der Waals surface area (Å²) in [5, 5.41) is 11.8. The summed E-state index contributed by atoms with van der Waals surface area (Å²) in [5.74, 6) is -1.70. The number of hydrogen-bond acceptors (Lipinski definition) is 7. The molecule has 0 fully saturated rings. The predicted molar refractivity (Wildman–Crippen MR) is 110 cm³/mol. The lowest BCUT2D eigenvalue weighted by Gasteiger charge is -2.14. The van der Waals surface area contributed by atoms with Gasteiger partial charge in [0.1, 0.15) is 6.54 Å². The van der Waals surface area contributed by atoms with Gasteiger partial charge in [0.25, 0.3) is 17.4 Å². The first kappa shape index (κ1) is 22.2. The molecule has 3 rings (SSSR count). The highest BCUT2D eigenvalue weighted by molar-refractivity contribution is 6.21. The Bertz CT molecular complexity index is 983. The molecule has 164 valence electrons. The Labute approximate surface area is 178 Å². The van der Waals surface area contributed by atoms with Gasteiger partial charge in [-0.15, -0.1) is 0 Å². The average Bonchev–Trinajstić information content (AvgIpc) is 2.99. The van der Waals surface area contributed by atoms with Gasteiger partial charge in [0.05, 0.1) is 49.8 Å². The van der Waals surface area contributed by atoms with Crippen molar-refractivity contribution in [3.63, 3.8) is 0 Å². The number of benzene rings is 1. The van der Waals surface area contributed by atoms with Crippen molar-refractivity contribution in [3.05, 3.63) is 64.1 Å². The molecule has 2 N–H and O–H groups in total. The maximum Gasteiger partial charge on any atom is 0.323 e. The quantitative estimate of drug-likeness (QED) is 0.372. The van der Waals surface area contributed by atoms with Crippen molar-refractivity contribution in [2.24, 2.45) is 0 Å². The molecule has 2 aromatic rings. The van der Waals surface area contributed by atoms with Crippen molar-refractivity contribution in [2.45, 2.75) is 6.54 Å². The van der Waals surface area contributed by atoms with Crippen molar-refractivity contribution in [1.82, 2.24) is 9.47 Å². The number of hydrogen-bond donors (Lipinski definition) is 2. The standard InChI is InChI=1S/C21H23N3O7/c25-18-6-5-15(13-23(18)14-19(26)27)22-7-9-30-11-12-31-10-8-24-20(28)16-3-1-2-4-17(16)21(24)29/h1-6,13,22H,7-12,14H2,(H,26,27). The Kier molecular flexibility index (Phi) is 7.52. The lowest BCUT2D eigenvalue weighted by molar-refractivity contribution is -0.137. The van der Waals surface area contributed by atoms with Crippen LogP contribution >= 0.6 is 0 Å². The zero-order chi connectivity index (χ0) is 22.2. The highest BCUT2D eigenvalue weighted by Gasteiger charge is 2.34. The van der Waals surface area contributed by atoms with E-state index >= 15 is 0 Å². The molecule has 0 aliphatic carbocycles. The van der Waals surface area contributed by atoms with Crippen LogP contribution in [0.5, 0.6) is 0 Å². The first-order chi connectivity index (χ1) is 15.0. The number of imide groups is 1. The fourth-order valence-corrected chi connectivity index (χ4v) is 3.09. The zero-order valence-corrected chi connectivity index (χ0v) is 16.8. The minimum atomic E-state index is -1.09. The summed E-state index contributed by atoms with van der Waals surface area (Å²) in [5.41, 5.74) is 1.06. The van der Waals surface area contributed by atoms with Gasteiger partial charge in [-0.3, -0.25) is 24.1 Å². The molecule has 1 aliphatic heterocycles. The second-order valence-electron chi connectivity index (χ2n) is 6.74. The lowest BCUT2D eigenvalue weighted by Crippen LogP contribution is -2.33. The molecule has 0 radical (unpaired) electrons. The maximum atomic E-state index is 12.2. The number of pyridine rings is 1. The van der Waals surface area contributed by atoms with Crippen molar-refractivity contribution in [2.75, 3.05) is 44.8 Å². The molecular weight excluding hydrogens is 406 g/mol. The van der Waals surface area contributed by atoms with Gasteiger partial charge in [0.15, 0.2) is 0 Å². The largest absolute Gasteiger partial charge is 0.480 e. The van der Waals surface area contributed by atoms with Gasteiger partial charge >= 0.3 is 5.97 Å². The second-order valence-corrected chi connectivity index (χ2v) is 6.74. The molecule has 0 unspecified atom stereocenters. The Balaban J connectivity index is 1.27. The molecule has 2 heterocycles. The molecule has 0 saturated carbocycles. The Morgan fingerprint density at radius 2 is 1.55 bits per heavy atom. The third kappa shape index (κ3) is 5.77. The molecular formula is C21H23N3O7. The topological polar surface area (TPSA) is 127 Å². The van der Waals surface area contributed by atoms with Crippen molar-refractivity contribution in [3.8, 4) is 0 Å². The van der Waals surface area contributed by atoms with Gasteiger partial charge in [-0.2, -0.15) is 0 Å². The van der Waals surface area contributed by atoms with E-state index in [0.29, 0.717) is 43.2 Å². The second kappa shape index (κ2) is 10.5. The number of aliphatic carboxylic acids is 1. The fourth-order valence-electron chi connectivity index (χ4n) is 3.09. The minimum absolute atomic E-state index is 0.181. The van der Waals surface area contributed by atoms with Gasteiger partial charge in [-0.25, -0.2) is 0 Å². The summed E-state index contributed by atoms with van der Waals surface area (Å²) in [6.45, 7) is 1.48. The van der Waals surface area contributed by atoms with E-state index in [1.165, 1.54) is 17.2 Å². The van der Waals surface area contributed by atoms with Crippen LogP contribution in [0.25, 0.3) is 0 Å². The van der Waals surface area contributed by atoms with Crippen molar-refractivity contribution < 1.29 is 29.0 Å². The van der Waals surface area contributed by atoms with Gasteiger partial charge in [-0.05, 0) is 18.2 Å². The van der Waals surface area contributed by atoms with Crippen LogP contribution in [0.15, 0.2) is 47.4 Å². The van der Waals surface area contributed by atoms with Crippen LogP contribution in [0.1, 0.15) is 20.7 Å². The monoisotopic (exact) mass is 429 g/mol. The molecule has 1 aliphatic rings. The fraction of sp³-hybridized carbons (Fsp3) is 0.333. The minimum Gasteiger partial charge on any atom is -0.480 e. The molecule has 1 aromatic carbocycles. The van der Waals surface area contributed by atoms with Gasteiger partial charge in [-0.1, -0.05) is 12.1 Å². The van der Waals surface area contributed by atoms with Crippen LogP contribution in [0, 0.1) is 0 Å². The van der Waals surface area contributed by atoms with Gasteiger partial charge in [0, 0.05) is 18.8 Å². The summed E-state index contributed by atoms with van der Waals surface area (Å²) >= 11 is 0. The van der Waals surface area contributed by atoms with E-state index < -0.39 is 12.5 Å². The third-order valence-corrected chi connectivity index (χ3v) is 4.57. The number of rotatable bonds is 12. The summed E-state index contributed by atoms with van der Waals surface area (Å²) < 4.78 is 12.0. The van der Waals surface area contributed by atoms with Crippen LogP contribution in [0.2, 0.25) is 0 Å². The Hall–Kier alpha value is -3.50. The van der Waals surface area contributed by atoms with E-state index in [1.54, 1.807) is 30.3 Å². The average molecular weight is 429 g/mol. The summed E-state index contributed by atoms with van der Waals surface area (Å²) in [4.78, 5) is 48.0. The molecule has 0 bridgehead atoms. The molecule has 31 heavy (non-hydrogen) atoms. The SMILES string of the molecule is O=C(O)Cn1cc(NCCOCCOCCN2C(=O)c3ccccc3C2=O)ccc1=O. The number of carbonyl (C=O) groups is 3. The number of nitrogens with one attached hydrogen (secondary N) is 1. The number of carbonyl (C=O) groups excluding carboxylic acids is 2. The number of amides is 2. The van der Waals surface area contributed by atoms with E-state index in [9.17, 15) is 19.2 Å². The predicted octanol–water partition coefficient (Wildman–Crippen LogP) is 0.674. The number of ether oxygens (including phenoxy) is 2. The van der Waals surface area contributed by atoms with Crippen LogP contribution in [0.3, 0.4) is 0 Å². The van der Waals surface area contributed by atoms with E-state index in [1.807, 2.05) is 0 Å². The number of aromatic nitrogens is 1. The highest BCUT2D eigenvalue weighted by Crippen LogP contribution is 2.21. The number of carboxylic acid groups (broad SMARTS) is 1. The lowest BCUT2D eigenvalue weighted by atomic mass is 10.1. The van der Waals surface area contributed by atoms with E-state index in [2.05, 4.69) is 5.32 Å². The van der Waals surface area contributed by atoms with E-state index in [4.69, 9.17) is 14.6 Å². The molecule has 1 aromatic heterocycles. The first-order valence-electron chi connectivity index (χ1n) is 9.74. The smallest absolute Gasteiger partial charge is 0.323 e. The molecule has 10 nitrogen and oxygen atoms in total. The van der Waals surface area contributed by atoms with Crippen molar-refractivity contribution >= 4 is 23.5 Å². The van der Waals surface area contributed by atoms with Gasteiger partial charge in [0.2, 0.25) is 0 Å².